The van der Waals surface area contributed by atoms with Crippen LogP contribution in [0.4, 0.5) is 4.39 Å². The molecule has 0 atom stereocenters. The SMILES string of the molecule is O=C(OCc1c(F)cccc1Cl)c1ccc(-n2cncn2)cc1. The Bertz CT molecular complexity index is 800. The van der Waals surface area contributed by atoms with Crippen molar-refractivity contribution in [2.45, 2.75) is 6.61 Å². The van der Waals surface area contributed by atoms with Crippen LogP contribution >= 0.6 is 11.6 Å². The number of ether oxygens (including phenoxy) is 1. The lowest BCUT2D eigenvalue weighted by molar-refractivity contribution is 0.0469. The van der Waals surface area contributed by atoms with Gasteiger partial charge in [-0.15, -0.1) is 0 Å². The Morgan fingerprint density at radius 1 is 1.22 bits per heavy atom. The summed E-state index contributed by atoms with van der Waals surface area (Å²) in [6, 6.07) is 10.9. The highest BCUT2D eigenvalue weighted by Gasteiger charge is 2.12. The molecule has 3 aromatic rings. The van der Waals surface area contributed by atoms with Gasteiger partial charge in [0.2, 0.25) is 0 Å². The van der Waals surface area contributed by atoms with Crippen LogP contribution < -0.4 is 0 Å². The van der Waals surface area contributed by atoms with Crippen LogP contribution in [0.15, 0.2) is 55.1 Å². The normalized spacial score (nSPS) is 10.5. The maximum Gasteiger partial charge on any atom is 0.338 e. The summed E-state index contributed by atoms with van der Waals surface area (Å²) < 4.78 is 20.3. The van der Waals surface area contributed by atoms with E-state index in [0.29, 0.717) is 5.56 Å². The number of nitrogens with zero attached hydrogens (tertiary/aromatic N) is 3. The quantitative estimate of drug-likeness (QED) is 0.687. The minimum atomic E-state index is -0.561. The van der Waals surface area contributed by atoms with Crippen LogP contribution in [-0.4, -0.2) is 20.7 Å². The number of carbonyl (C=O) groups excluding carboxylic acids is 1. The van der Waals surface area contributed by atoms with Crippen LogP contribution in [0, 0.1) is 5.82 Å². The van der Waals surface area contributed by atoms with Gasteiger partial charge in [0.15, 0.2) is 0 Å². The van der Waals surface area contributed by atoms with Crippen molar-refractivity contribution in [2.75, 3.05) is 0 Å². The summed E-state index contributed by atoms with van der Waals surface area (Å²) >= 11 is 5.89. The van der Waals surface area contributed by atoms with E-state index in [1.807, 2.05) is 0 Å². The summed E-state index contributed by atoms with van der Waals surface area (Å²) in [5.41, 5.74) is 1.26. The average molecular weight is 332 g/mol. The average Bonchev–Trinajstić information content (AvgIpc) is 3.09. The molecule has 1 heterocycles. The zero-order valence-electron chi connectivity index (χ0n) is 11.8. The summed E-state index contributed by atoms with van der Waals surface area (Å²) in [5, 5.41) is 4.21. The number of hydrogen-bond donors (Lipinski definition) is 0. The second-order valence-corrected chi connectivity index (χ2v) is 5.07. The summed E-state index contributed by atoms with van der Waals surface area (Å²) in [6.45, 7) is -0.227. The fourth-order valence-electron chi connectivity index (χ4n) is 1.98. The maximum absolute atomic E-state index is 13.6. The molecule has 2 aromatic carbocycles. The van der Waals surface area contributed by atoms with Gasteiger partial charge in [0.1, 0.15) is 25.1 Å². The van der Waals surface area contributed by atoms with Gasteiger partial charge in [-0.3, -0.25) is 0 Å². The van der Waals surface area contributed by atoms with Gasteiger partial charge in [-0.1, -0.05) is 17.7 Å². The second kappa shape index (κ2) is 6.58. The molecule has 0 aliphatic heterocycles. The van der Waals surface area contributed by atoms with Crippen LogP contribution in [0.1, 0.15) is 15.9 Å². The van der Waals surface area contributed by atoms with Crippen LogP contribution in [-0.2, 0) is 11.3 Å². The Balaban J connectivity index is 1.69. The van der Waals surface area contributed by atoms with Gasteiger partial charge in [0.05, 0.1) is 16.3 Å². The highest BCUT2D eigenvalue weighted by Crippen LogP contribution is 2.20. The van der Waals surface area contributed by atoms with Gasteiger partial charge in [-0.25, -0.2) is 18.9 Å². The molecule has 0 amide bonds. The minimum absolute atomic E-state index is 0.154. The van der Waals surface area contributed by atoms with Gasteiger partial charge in [0, 0.05) is 5.56 Å². The standard InChI is InChI=1S/C16H11ClFN3O2/c17-14-2-1-3-15(18)13(14)8-23-16(22)11-4-6-12(7-5-11)21-10-19-9-20-21/h1-7,9-10H,8H2. The minimum Gasteiger partial charge on any atom is -0.457 e. The van der Waals surface area contributed by atoms with E-state index in [1.165, 1.54) is 18.5 Å². The third-order valence-corrected chi connectivity index (χ3v) is 3.55. The molecular formula is C16H11ClFN3O2. The van der Waals surface area contributed by atoms with Crippen molar-refractivity contribution >= 4 is 17.6 Å². The van der Waals surface area contributed by atoms with Crippen molar-refractivity contribution in [3.63, 3.8) is 0 Å². The third-order valence-electron chi connectivity index (χ3n) is 3.20. The zero-order chi connectivity index (χ0) is 16.2. The van der Waals surface area contributed by atoms with Crippen molar-refractivity contribution < 1.29 is 13.9 Å². The largest absolute Gasteiger partial charge is 0.457 e. The highest BCUT2D eigenvalue weighted by molar-refractivity contribution is 6.31. The zero-order valence-corrected chi connectivity index (χ0v) is 12.6. The molecular weight excluding hydrogens is 321 g/mol. The molecule has 0 N–H and O–H groups in total. The molecule has 0 spiro atoms. The number of halogens is 2. The number of aromatic nitrogens is 3. The first-order chi connectivity index (χ1) is 11.1. The van der Waals surface area contributed by atoms with Gasteiger partial charge in [0.25, 0.3) is 0 Å². The van der Waals surface area contributed by atoms with Crippen molar-refractivity contribution in [1.29, 1.82) is 0 Å². The molecule has 0 radical (unpaired) electrons. The summed E-state index contributed by atoms with van der Waals surface area (Å²) in [4.78, 5) is 15.9. The van der Waals surface area contributed by atoms with E-state index in [2.05, 4.69) is 10.1 Å². The van der Waals surface area contributed by atoms with Crippen molar-refractivity contribution in [3.8, 4) is 5.69 Å². The molecule has 7 heteroatoms. The molecule has 0 saturated carbocycles. The summed E-state index contributed by atoms with van der Waals surface area (Å²) in [7, 11) is 0. The summed E-state index contributed by atoms with van der Waals surface area (Å²) in [5.74, 6) is -1.07. The van der Waals surface area contributed by atoms with Crippen molar-refractivity contribution in [2.24, 2.45) is 0 Å². The molecule has 23 heavy (non-hydrogen) atoms. The summed E-state index contributed by atoms with van der Waals surface area (Å²) in [6.07, 6.45) is 2.97. The first-order valence-electron chi connectivity index (χ1n) is 6.70. The molecule has 3 rings (SSSR count). The third kappa shape index (κ3) is 3.37. The van der Waals surface area contributed by atoms with Crippen LogP contribution in [0.25, 0.3) is 5.69 Å². The van der Waals surface area contributed by atoms with Crippen LogP contribution in [0.3, 0.4) is 0 Å². The molecule has 0 bridgehead atoms. The van der Waals surface area contributed by atoms with E-state index in [1.54, 1.807) is 41.3 Å². The molecule has 0 saturated heterocycles. The number of hydrogen-bond acceptors (Lipinski definition) is 4. The lowest BCUT2D eigenvalue weighted by atomic mass is 10.2. The van der Waals surface area contributed by atoms with Gasteiger partial charge < -0.3 is 4.74 Å². The Kier molecular flexibility index (Phi) is 4.34. The predicted molar refractivity (Wildman–Crippen MR) is 81.9 cm³/mol. The Hall–Kier alpha value is -2.73. The van der Waals surface area contributed by atoms with E-state index in [0.717, 1.165) is 5.69 Å². The van der Waals surface area contributed by atoms with Crippen LogP contribution in [0.5, 0.6) is 0 Å². The van der Waals surface area contributed by atoms with E-state index < -0.39 is 11.8 Å². The van der Waals surface area contributed by atoms with Gasteiger partial charge in [-0.2, -0.15) is 5.10 Å². The number of rotatable bonds is 4. The van der Waals surface area contributed by atoms with Crippen molar-refractivity contribution in [1.82, 2.24) is 14.8 Å². The number of carbonyl (C=O) groups is 1. The lowest BCUT2D eigenvalue weighted by Gasteiger charge is -2.08. The molecule has 0 fully saturated rings. The molecule has 5 nitrogen and oxygen atoms in total. The van der Waals surface area contributed by atoms with E-state index in [4.69, 9.17) is 16.3 Å². The lowest BCUT2D eigenvalue weighted by Crippen LogP contribution is -2.07. The van der Waals surface area contributed by atoms with Crippen LogP contribution in [0.2, 0.25) is 5.02 Å². The highest BCUT2D eigenvalue weighted by atomic mass is 35.5. The number of benzene rings is 2. The maximum atomic E-state index is 13.6. The molecule has 1 aromatic heterocycles. The molecule has 0 aliphatic carbocycles. The Morgan fingerprint density at radius 3 is 2.65 bits per heavy atom. The van der Waals surface area contributed by atoms with Crippen molar-refractivity contribution in [3.05, 3.63) is 77.1 Å². The predicted octanol–water partition coefficient (Wildman–Crippen LogP) is 3.42. The monoisotopic (exact) mass is 331 g/mol. The first kappa shape index (κ1) is 15.2. The topological polar surface area (TPSA) is 57.0 Å². The number of esters is 1. The smallest absolute Gasteiger partial charge is 0.338 e. The van der Waals surface area contributed by atoms with E-state index in [-0.39, 0.29) is 17.2 Å². The van der Waals surface area contributed by atoms with Gasteiger partial charge in [-0.05, 0) is 36.4 Å². The fraction of sp³-hybridized carbons (Fsp3) is 0.0625. The fourth-order valence-corrected chi connectivity index (χ4v) is 2.20. The Morgan fingerprint density at radius 2 is 2.00 bits per heavy atom. The molecule has 0 unspecified atom stereocenters. The Labute approximate surface area is 136 Å². The molecule has 0 aliphatic rings. The van der Waals surface area contributed by atoms with E-state index >= 15 is 0 Å². The van der Waals surface area contributed by atoms with Gasteiger partial charge >= 0.3 is 5.97 Å². The second-order valence-electron chi connectivity index (χ2n) is 4.66. The first-order valence-corrected chi connectivity index (χ1v) is 7.08. The molecule has 116 valence electrons. The van der Waals surface area contributed by atoms with E-state index in [9.17, 15) is 9.18 Å².